The van der Waals surface area contributed by atoms with E-state index in [0.29, 0.717) is 11.1 Å². The van der Waals surface area contributed by atoms with Crippen molar-refractivity contribution in [2.24, 2.45) is 5.41 Å². The number of benzene rings is 1. The molecule has 3 N–H and O–H groups in total. The number of hydrogen-bond donors (Lipinski definition) is 2. The average Bonchev–Trinajstić information content (AvgIpc) is 2.32. The summed E-state index contributed by atoms with van der Waals surface area (Å²) >= 11 is 0. The van der Waals surface area contributed by atoms with Crippen molar-refractivity contribution in [3.8, 4) is 0 Å². The molecule has 0 amide bonds. The van der Waals surface area contributed by atoms with Gasteiger partial charge in [0, 0.05) is 11.7 Å². The standard InChI is InChI=1S/C14H22N2O2S/c1-14(2)8-6-12(7-9-14)16-19(17,18)13-5-3-4-11(15)10-13/h3-5,10,12,16H,6-9,15H2,1-2H3. The van der Waals surface area contributed by atoms with Gasteiger partial charge in [-0.3, -0.25) is 0 Å². The second-order valence-electron chi connectivity index (χ2n) is 6.13. The largest absolute Gasteiger partial charge is 0.399 e. The molecule has 4 nitrogen and oxygen atoms in total. The molecule has 1 aromatic rings. The zero-order chi connectivity index (χ0) is 14.1. The van der Waals surface area contributed by atoms with Crippen molar-refractivity contribution in [1.82, 2.24) is 4.72 Å². The maximum atomic E-state index is 12.2. The summed E-state index contributed by atoms with van der Waals surface area (Å²) in [4.78, 5) is 0.248. The first kappa shape index (κ1) is 14.3. The molecule has 2 rings (SSSR count). The molecule has 1 aliphatic rings. The third-order valence-electron chi connectivity index (χ3n) is 3.83. The van der Waals surface area contributed by atoms with Gasteiger partial charge in [-0.2, -0.15) is 0 Å². The van der Waals surface area contributed by atoms with E-state index in [9.17, 15) is 8.42 Å². The Balaban J connectivity index is 2.06. The van der Waals surface area contributed by atoms with Crippen LogP contribution in [0.3, 0.4) is 0 Å². The molecule has 0 aromatic heterocycles. The monoisotopic (exact) mass is 282 g/mol. The molecule has 1 aliphatic carbocycles. The van der Waals surface area contributed by atoms with Crippen LogP contribution < -0.4 is 10.5 Å². The minimum absolute atomic E-state index is 0.0412. The predicted octanol–water partition coefficient (Wildman–Crippen LogP) is 2.52. The van der Waals surface area contributed by atoms with Crippen LogP contribution in [0.1, 0.15) is 39.5 Å². The fourth-order valence-corrected chi connectivity index (χ4v) is 3.85. The molecule has 0 atom stereocenters. The van der Waals surface area contributed by atoms with E-state index in [1.54, 1.807) is 18.2 Å². The van der Waals surface area contributed by atoms with Crippen LogP contribution in [0.15, 0.2) is 29.2 Å². The topological polar surface area (TPSA) is 72.2 Å². The molecule has 0 spiro atoms. The smallest absolute Gasteiger partial charge is 0.240 e. The Morgan fingerprint density at radius 2 is 1.89 bits per heavy atom. The van der Waals surface area contributed by atoms with Crippen LogP contribution in [-0.4, -0.2) is 14.5 Å². The molecule has 1 fully saturated rings. The van der Waals surface area contributed by atoms with Crippen LogP contribution in [0.5, 0.6) is 0 Å². The molecule has 0 unspecified atom stereocenters. The minimum atomic E-state index is -3.45. The number of sulfonamides is 1. The number of nitrogens with one attached hydrogen (secondary N) is 1. The first-order valence-electron chi connectivity index (χ1n) is 6.66. The second kappa shape index (κ2) is 5.13. The van der Waals surface area contributed by atoms with Crippen molar-refractivity contribution in [2.75, 3.05) is 5.73 Å². The van der Waals surface area contributed by atoms with Gasteiger partial charge in [0.05, 0.1) is 4.90 Å². The fraction of sp³-hybridized carbons (Fsp3) is 0.571. The van der Waals surface area contributed by atoms with Gasteiger partial charge < -0.3 is 5.73 Å². The van der Waals surface area contributed by atoms with Crippen molar-refractivity contribution in [1.29, 1.82) is 0 Å². The summed E-state index contributed by atoms with van der Waals surface area (Å²) < 4.78 is 27.3. The fourth-order valence-electron chi connectivity index (χ4n) is 2.49. The number of nitrogen functional groups attached to an aromatic ring is 1. The third-order valence-corrected chi connectivity index (χ3v) is 5.35. The Kier molecular flexibility index (Phi) is 3.87. The highest BCUT2D eigenvalue weighted by Gasteiger charge is 2.29. The Bertz CT molecular complexity index is 542. The Hall–Kier alpha value is -1.07. The van der Waals surface area contributed by atoms with Gasteiger partial charge in [0.25, 0.3) is 0 Å². The van der Waals surface area contributed by atoms with Gasteiger partial charge >= 0.3 is 0 Å². The van der Waals surface area contributed by atoms with E-state index < -0.39 is 10.0 Å². The molecule has 106 valence electrons. The molecule has 0 saturated heterocycles. The lowest BCUT2D eigenvalue weighted by Gasteiger charge is -2.34. The van der Waals surface area contributed by atoms with E-state index in [1.165, 1.54) is 6.07 Å². The molecule has 0 heterocycles. The average molecular weight is 282 g/mol. The molecule has 0 radical (unpaired) electrons. The lowest BCUT2D eigenvalue weighted by molar-refractivity contribution is 0.218. The maximum Gasteiger partial charge on any atom is 0.240 e. The highest BCUT2D eigenvalue weighted by atomic mass is 32.2. The quantitative estimate of drug-likeness (QED) is 0.837. The molecular weight excluding hydrogens is 260 g/mol. The molecule has 1 aromatic carbocycles. The Labute approximate surface area is 115 Å². The van der Waals surface area contributed by atoms with E-state index in [-0.39, 0.29) is 10.9 Å². The molecule has 19 heavy (non-hydrogen) atoms. The Morgan fingerprint density at radius 1 is 1.26 bits per heavy atom. The summed E-state index contributed by atoms with van der Waals surface area (Å²) in [6, 6.07) is 6.45. The van der Waals surface area contributed by atoms with Crippen molar-refractivity contribution in [2.45, 2.75) is 50.5 Å². The van der Waals surface area contributed by atoms with Crippen molar-refractivity contribution in [3.63, 3.8) is 0 Å². The van der Waals surface area contributed by atoms with Gasteiger partial charge in [0.2, 0.25) is 10.0 Å². The zero-order valence-corrected chi connectivity index (χ0v) is 12.3. The number of anilines is 1. The van der Waals surface area contributed by atoms with Crippen LogP contribution in [0.2, 0.25) is 0 Å². The van der Waals surface area contributed by atoms with Crippen LogP contribution in [0.4, 0.5) is 5.69 Å². The van der Waals surface area contributed by atoms with Gasteiger partial charge in [-0.1, -0.05) is 19.9 Å². The summed E-state index contributed by atoms with van der Waals surface area (Å²) in [6.45, 7) is 4.46. The SMILES string of the molecule is CC1(C)CCC(NS(=O)(=O)c2cccc(N)c2)CC1. The van der Waals surface area contributed by atoms with Gasteiger partial charge in [-0.25, -0.2) is 13.1 Å². The molecule has 0 aliphatic heterocycles. The molecular formula is C14H22N2O2S. The lowest BCUT2D eigenvalue weighted by atomic mass is 9.76. The predicted molar refractivity (Wildman–Crippen MR) is 77.2 cm³/mol. The van der Waals surface area contributed by atoms with E-state index in [1.807, 2.05) is 0 Å². The first-order valence-corrected chi connectivity index (χ1v) is 8.15. The van der Waals surface area contributed by atoms with Gasteiger partial charge in [0.1, 0.15) is 0 Å². The van der Waals surface area contributed by atoms with E-state index in [0.717, 1.165) is 25.7 Å². The van der Waals surface area contributed by atoms with Crippen LogP contribution in [-0.2, 0) is 10.0 Å². The number of nitrogens with two attached hydrogens (primary N) is 1. The van der Waals surface area contributed by atoms with Crippen LogP contribution >= 0.6 is 0 Å². The zero-order valence-electron chi connectivity index (χ0n) is 11.5. The van der Waals surface area contributed by atoms with Crippen molar-refractivity contribution >= 4 is 15.7 Å². The number of rotatable bonds is 3. The minimum Gasteiger partial charge on any atom is -0.399 e. The van der Waals surface area contributed by atoms with Crippen LogP contribution in [0.25, 0.3) is 0 Å². The lowest BCUT2D eigenvalue weighted by Crippen LogP contribution is -2.39. The van der Waals surface area contributed by atoms with Crippen LogP contribution in [0, 0.1) is 5.41 Å². The maximum absolute atomic E-state index is 12.2. The summed E-state index contributed by atoms with van der Waals surface area (Å²) in [5, 5.41) is 0. The van der Waals surface area contributed by atoms with Gasteiger partial charge in [-0.05, 0) is 49.3 Å². The first-order chi connectivity index (χ1) is 8.78. The molecule has 1 saturated carbocycles. The highest BCUT2D eigenvalue weighted by Crippen LogP contribution is 2.35. The van der Waals surface area contributed by atoms with E-state index in [2.05, 4.69) is 18.6 Å². The van der Waals surface area contributed by atoms with Gasteiger partial charge in [-0.15, -0.1) is 0 Å². The normalized spacial score (nSPS) is 20.3. The van der Waals surface area contributed by atoms with Gasteiger partial charge in [0.15, 0.2) is 0 Å². The second-order valence-corrected chi connectivity index (χ2v) is 7.85. The van der Waals surface area contributed by atoms with Crippen molar-refractivity contribution in [3.05, 3.63) is 24.3 Å². The Morgan fingerprint density at radius 3 is 2.47 bits per heavy atom. The van der Waals surface area contributed by atoms with Crippen molar-refractivity contribution < 1.29 is 8.42 Å². The summed E-state index contributed by atoms with van der Waals surface area (Å²) in [7, 11) is -3.45. The summed E-state index contributed by atoms with van der Waals surface area (Å²) in [5.41, 5.74) is 6.43. The van der Waals surface area contributed by atoms with E-state index >= 15 is 0 Å². The number of hydrogen-bond acceptors (Lipinski definition) is 3. The van der Waals surface area contributed by atoms with E-state index in [4.69, 9.17) is 5.73 Å². The third kappa shape index (κ3) is 3.70. The summed E-state index contributed by atoms with van der Waals surface area (Å²) in [6.07, 6.45) is 3.90. The highest BCUT2D eigenvalue weighted by molar-refractivity contribution is 7.89. The molecule has 5 heteroatoms. The molecule has 0 bridgehead atoms. The summed E-state index contributed by atoms with van der Waals surface area (Å²) in [5.74, 6) is 0.